The fraction of sp³-hybridized carbons (Fsp3) is 0.300. The number of urea groups is 1. The van der Waals surface area contributed by atoms with Crippen molar-refractivity contribution in [1.29, 1.82) is 0 Å². The van der Waals surface area contributed by atoms with Gasteiger partial charge in [0.2, 0.25) is 0 Å². The van der Waals surface area contributed by atoms with Gasteiger partial charge in [-0.1, -0.05) is 26.0 Å². The number of hydrogen-bond acceptors (Lipinski definition) is 4. The second-order valence-corrected chi connectivity index (χ2v) is 5.89. The number of anilines is 2. The number of primary amides is 1. The van der Waals surface area contributed by atoms with Gasteiger partial charge >= 0.3 is 6.03 Å². The van der Waals surface area contributed by atoms with Gasteiger partial charge < -0.3 is 26.0 Å². The molecule has 0 bridgehead atoms. The lowest BCUT2D eigenvalue weighted by atomic mass is 10.2. The maximum atomic E-state index is 12.5. The van der Waals surface area contributed by atoms with E-state index in [0.717, 1.165) is 19.6 Å². The first-order chi connectivity index (χ1) is 13.0. The summed E-state index contributed by atoms with van der Waals surface area (Å²) in [6.07, 6.45) is 0. The predicted octanol–water partition coefficient (Wildman–Crippen LogP) is 3.15. The number of carbonyl (C=O) groups excluding carboxylic acids is 2. The molecular formula is C20H26N4O3. The van der Waals surface area contributed by atoms with Gasteiger partial charge in [0.25, 0.3) is 5.91 Å². The number of amides is 3. The van der Waals surface area contributed by atoms with E-state index in [2.05, 4.69) is 29.4 Å². The number of nitrogens with one attached hydrogen (secondary N) is 2. The normalized spacial score (nSPS) is 10.5. The quantitative estimate of drug-likeness (QED) is 0.632. The molecule has 0 aromatic heterocycles. The number of hydrogen-bond donors (Lipinski definition) is 3. The van der Waals surface area contributed by atoms with Crippen molar-refractivity contribution in [2.45, 2.75) is 13.8 Å². The molecule has 7 nitrogen and oxygen atoms in total. The number of carbonyl (C=O) groups is 2. The lowest BCUT2D eigenvalue weighted by Gasteiger charge is -2.19. The molecule has 0 unspecified atom stereocenters. The minimum absolute atomic E-state index is 0.264. The summed E-state index contributed by atoms with van der Waals surface area (Å²) in [7, 11) is 0. The van der Waals surface area contributed by atoms with Gasteiger partial charge in [-0.15, -0.1) is 0 Å². The van der Waals surface area contributed by atoms with Crippen molar-refractivity contribution in [3.63, 3.8) is 0 Å². The molecule has 0 aliphatic carbocycles. The van der Waals surface area contributed by atoms with Crippen LogP contribution in [-0.4, -0.2) is 43.1 Å². The second-order valence-electron chi connectivity index (χ2n) is 5.89. The molecule has 0 fully saturated rings. The number of nitrogens with two attached hydrogens (primary N) is 1. The average molecular weight is 370 g/mol. The van der Waals surface area contributed by atoms with E-state index >= 15 is 0 Å². The van der Waals surface area contributed by atoms with E-state index in [1.54, 1.807) is 30.3 Å². The number of nitrogens with zero attached hydrogens (tertiary/aromatic N) is 1. The van der Waals surface area contributed by atoms with Gasteiger partial charge in [-0.05, 0) is 49.5 Å². The Bertz CT molecular complexity index is 758. The van der Waals surface area contributed by atoms with Gasteiger partial charge in [-0.25, -0.2) is 4.79 Å². The summed E-state index contributed by atoms with van der Waals surface area (Å²) in [5.74, 6) is 0.366. The molecule has 144 valence electrons. The minimum atomic E-state index is -0.650. The Morgan fingerprint density at radius 2 is 1.67 bits per heavy atom. The highest BCUT2D eigenvalue weighted by Gasteiger charge is 2.10. The molecule has 0 spiro atoms. The SMILES string of the molecule is CCN(CC)CCOc1ccccc1NC(=O)c1ccc(NC(N)=O)cc1. The maximum Gasteiger partial charge on any atom is 0.316 e. The first kappa shape index (κ1) is 20.3. The topological polar surface area (TPSA) is 96.7 Å². The molecule has 2 aromatic carbocycles. The Morgan fingerprint density at radius 1 is 1.00 bits per heavy atom. The average Bonchev–Trinajstić information content (AvgIpc) is 2.66. The van der Waals surface area contributed by atoms with E-state index in [-0.39, 0.29) is 5.91 Å². The van der Waals surface area contributed by atoms with Gasteiger partial charge in [0.15, 0.2) is 0 Å². The molecule has 0 aliphatic heterocycles. The summed E-state index contributed by atoms with van der Waals surface area (Å²) >= 11 is 0. The van der Waals surface area contributed by atoms with Crippen LogP contribution in [-0.2, 0) is 0 Å². The maximum absolute atomic E-state index is 12.5. The van der Waals surface area contributed by atoms with Gasteiger partial charge in [0.1, 0.15) is 12.4 Å². The van der Waals surface area contributed by atoms with Crippen molar-refractivity contribution in [3.8, 4) is 5.75 Å². The molecule has 0 radical (unpaired) electrons. The zero-order valence-corrected chi connectivity index (χ0v) is 15.7. The Kier molecular flexibility index (Phi) is 7.63. The molecule has 0 heterocycles. The van der Waals surface area contributed by atoms with Gasteiger partial charge in [0.05, 0.1) is 5.69 Å². The lowest BCUT2D eigenvalue weighted by molar-refractivity contribution is 0.102. The number of para-hydroxylation sites is 2. The Labute approximate surface area is 159 Å². The predicted molar refractivity (Wildman–Crippen MR) is 107 cm³/mol. The van der Waals surface area contributed by atoms with E-state index in [1.165, 1.54) is 0 Å². The van der Waals surface area contributed by atoms with E-state index < -0.39 is 6.03 Å². The first-order valence-corrected chi connectivity index (χ1v) is 8.95. The largest absolute Gasteiger partial charge is 0.490 e. The zero-order valence-electron chi connectivity index (χ0n) is 15.7. The van der Waals surface area contributed by atoms with Crippen LogP contribution in [0, 0.1) is 0 Å². The molecule has 0 saturated carbocycles. The second kappa shape index (κ2) is 10.2. The van der Waals surface area contributed by atoms with Crippen LogP contribution in [0.2, 0.25) is 0 Å². The van der Waals surface area contributed by atoms with Crippen LogP contribution in [0.4, 0.5) is 16.2 Å². The zero-order chi connectivity index (χ0) is 19.6. The minimum Gasteiger partial charge on any atom is -0.490 e. The monoisotopic (exact) mass is 370 g/mol. The van der Waals surface area contributed by atoms with Crippen molar-refractivity contribution in [1.82, 2.24) is 4.90 Å². The van der Waals surface area contributed by atoms with E-state index in [1.807, 2.05) is 18.2 Å². The smallest absolute Gasteiger partial charge is 0.316 e. The Morgan fingerprint density at radius 3 is 2.30 bits per heavy atom. The van der Waals surface area contributed by atoms with Crippen molar-refractivity contribution >= 4 is 23.3 Å². The third-order valence-electron chi connectivity index (χ3n) is 4.11. The van der Waals surface area contributed by atoms with Crippen LogP contribution in [0.15, 0.2) is 48.5 Å². The van der Waals surface area contributed by atoms with Crippen LogP contribution >= 0.6 is 0 Å². The third kappa shape index (κ3) is 6.31. The van der Waals surface area contributed by atoms with E-state index in [9.17, 15) is 9.59 Å². The summed E-state index contributed by atoms with van der Waals surface area (Å²) in [4.78, 5) is 25.6. The Hall–Kier alpha value is -3.06. The van der Waals surface area contributed by atoms with Crippen molar-refractivity contribution < 1.29 is 14.3 Å². The molecule has 2 rings (SSSR count). The summed E-state index contributed by atoms with van der Waals surface area (Å²) in [6, 6.07) is 13.2. The van der Waals surface area contributed by atoms with Crippen molar-refractivity contribution in [2.24, 2.45) is 5.73 Å². The van der Waals surface area contributed by atoms with Gasteiger partial charge in [-0.2, -0.15) is 0 Å². The molecule has 4 N–H and O–H groups in total. The number of rotatable bonds is 9. The van der Waals surface area contributed by atoms with E-state index in [0.29, 0.717) is 29.3 Å². The van der Waals surface area contributed by atoms with Crippen LogP contribution < -0.4 is 21.1 Å². The first-order valence-electron chi connectivity index (χ1n) is 8.95. The Balaban J connectivity index is 2.00. The van der Waals surface area contributed by atoms with E-state index in [4.69, 9.17) is 10.5 Å². The summed E-state index contributed by atoms with van der Waals surface area (Å²) in [5, 5.41) is 5.32. The summed E-state index contributed by atoms with van der Waals surface area (Å²) in [6.45, 7) is 7.53. The molecule has 3 amide bonds. The van der Waals surface area contributed by atoms with Crippen molar-refractivity contribution in [2.75, 3.05) is 36.9 Å². The van der Waals surface area contributed by atoms with Crippen LogP contribution in [0.5, 0.6) is 5.75 Å². The molecule has 0 atom stereocenters. The van der Waals surface area contributed by atoms with Crippen LogP contribution in [0.1, 0.15) is 24.2 Å². The highest BCUT2D eigenvalue weighted by molar-refractivity contribution is 6.05. The summed E-state index contributed by atoms with van der Waals surface area (Å²) in [5.41, 5.74) is 6.67. The molecular weight excluding hydrogens is 344 g/mol. The van der Waals surface area contributed by atoms with Gasteiger partial charge in [-0.3, -0.25) is 4.79 Å². The van der Waals surface area contributed by atoms with Crippen LogP contribution in [0.25, 0.3) is 0 Å². The van der Waals surface area contributed by atoms with Gasteiger partial charge in [0, 0.05) is 17.8 Å². The summed E-state index contributed by atoms with van der Waals surface area (Å²) < 4.78 is 5.85. The fourth-order valence-corrected chi connectivity index (χ4v) is 2.56. The standard InChI is InChI=1S/C20H26N4O3/c1-3-24(4-2)13-14-27-18-8-6-5-7-17(18)23-19(25)15-9-11-16(12-10-15)22-20(21)26/h5-12H,3-4,13-14H2,1-2H3,(H,23,25)(H3,21,22,26). The molecule has 27 heavy (non-hydrogen) atoms. The number of ether oxygens (including phenoxy) is 1. The lowest BCUT2D eigenvalue weighted by Crippen LogP contribution is -2.28. The van der Waals surface area contributed by atoms with Crippen molar-refractivity contribution in [3.05, 3.63) is 54.1 Å². The number of benzene rings is 2. The highest BCUT2D eigenvalue weighted by Crippen LogP contribution is 2.24. The molecule has 7 heteroatoms. The molecule has 0 saturated heterocycles. The molecule has 2 aromatic rings. The van der Waals surface area contributed by atoms with Crippen LogP contribution in [0.3, 0.4) is 0 Å². The number of likely N-dealkylation sites (N-methyl/N-ethyl adjacent to an activating group) is 1. The fourth-order valence-electron chi connectivity index (χ4n) is 2.56. The molecule has 0 aliphatic rings. The highest BCUT2D eigenvalue weighted by atomic mass is 16.5. The third-order valence-corrected chi connectivity index (χ3v) is 4.11.